The number of aromatic nitrogens is 2. The van der Waals surface area contributed by atoms with E-state index in [1.165, 1.54) is 33.5 Å². The molecule has 1 aromatic carbocycles. The summed E-state index contributed by atoms with van der Waals surface area (Å²) in [5, 5.41) is 0.491. The van der Waals surface area contributed by atoms with Crippen LogP contribution in [0.4, 0.5) is 0 Å². The summed E-state index contributed by atoms with van der Waals surface area (Å²) in [6.45, 7) is 3.31. The highest BCUT2D eigenvalue weighted by Gasteiger charge is 2.18. The van der Waals surface area contributed by atoms with E-state index in [1.807, 2.05) is 19.9 Å². The van der Waals surface area contributed by atoms with Crippen molar-refractivity contribution in [2.75, 3.05) is 33.7 Å². The Morgan fingerprint density at radius 2 is 1.50 bits per heavy atom. The molecule has 9 heteroatoms. The number of ketones is 1. The molecule has 150 valence electrons. The quantitative estimate of drug-likeness (QED) is 0.269. The second kappa shape index (κ2) is 9.93. The van der Waals surface area contributed by atoms with Gasteiger partial charge in [0.1, 0.15) is 0 Å². The molecule has 28 heavy (non-hydrogen) atoms. The molecule has 2 rings (SSSR count). The molecule has 0 aliphatic carbocycles. The number of hydrogen-bond acceptors (Lipinski definition) is 9. The van der Waals surface area contributed by atoms with Gasteiger partial charge in [-0.2, -0.15) is 0 Å². The summed E-state index contributed by atoms with van der Waals surface area (Å²) in [4.78, 5) is 32.8. The molecule has 0 N–H and O–H groups in total. The molecule has 8 nitrogen and oxygen atoms in total. The van der Waals surface area contributed by atoms with Gasteiger partial charge in [-0.05, 0) is 32.0 Å². The number of rotatable bonds is 9. The van der Waals surface area contributed by atoms with Gasteiger partial charge in [-0.1, -0.05) is 11.8 Å². The van der Waals surface area contributed by atoms with Crippen LogP contribution in [0.5, 0.6) is 17.2 Å². The van der Waals surface area contributed by atoms with Gasteiger partial charge < -0.3 is 18.9 Å². The third-order valence-electron chi connectivity index (χ3n) is 3.63. The van der Waals surface area contributed by atoms with Crippen molar-refractivity contribution in [3.63, 3.8) is 0 Å². The van der Waals surface area contributed by atoms with Crippen molar-refractivity contribution in [3.05, 3.63) is 35.2 Å². The molecular formula is C19H22N2O6S. The molecular weight excluding hydrogens is 384 g/mol. The summed E-state index contributed by atoms with van der Waals surface area (Å²) in [6, 6.07) is 4.86. The van der Waals surface area contributed by atoms with Crippen molar-refractivity contribution in [2.45, 2.75) is 19.0 Å². The van der Waals surface area contributed by atoms with E-state index in [1.54, 1.807) is 0 Å². The van der Waals surface area contributed by atoms with Crippen molar-refractivity contribution in [1.29, 1.82) is 0 Å². The zero-order valence-electron chi connectivity index (χ0n) is 16.4. The first-order valence-corrected chi connectivity index (χ1v) is 9.30. The summed E-state index contributed by atoms with van der Waals surface area (Å²) in [5.74, 6) is 0.154. The van der Waals surface area contributed by atoms with Gasteiger partial charge >= 0.3 is 5.97 Å². The van der Waals surface area contributed by atoms with Gasteiger partial charge in [0, 0.05) is 17.0 Å². The maximum absolute atomic E-state index is 12.4. The summed E-state index contributed by atoms with van der Waals surface area (Å²) in [5.41, 5.74) is 1.93. The molecule has 0 spiro atoms. The zero-order valence-corrected chi connectivity index (χ0v) is 17.2. The summed E-state index contributed by atoms with van der Waals surface area (Å²) < 4.78 is 20.7. The van der Waals surface area contributed by atoms with Crippen LogP contribution in [0.1, 0.15) is 21.7 Å². The third kappa shape index (κ3) is 5.59. The van der Waals surface area contributed by atoms with Crippen LogP contribution in [0.15, 0.2) is 23.4 Å². The largest absolute Gasteiger partial charge is 0.493 e. The predicted octanol–water partition coefficient (Wildman–Crippen LogP) is 2.64. The standard InChI is InChI=1S/C19H22N2O6S/c1-11-6-12(2)21-19(20-11)28-10-17(23)27-9-14(22)13-7-15(24-3)18(26-5)16(8-13)25-4/h6-8H,9-10H2,1-5H3. The van der Waals surface area contributed by atoms with E-state index in [4.69, 9.17) is 18.9 Å². The second-order valence-electron chi connectivity index (χ2n) is 5.72. The Morgan fingerprint density at radius 3 is 2.00 bits per heavy atom. The summed E-state index contributed by atoms with van der Waals surface area (Å²) >= 11 is 1.16. The van der Waals surface area contributed by atoms with Crippen LogP contribution in [-0.4, -0.2) is 55.4 Å². The molecule has 1 heterocycles. The molecule has 0 bridgehead atoms. The van der Waals surface area contributed by atoms with Crippen LogP contribution in [0.25, 0.3) is 0 Å². The number of methoxy groups -OCH3 is 3. The SMILES string of the molecule is COc1cc(C(=O)COC(=O)CSc2nc(C)cc(C)n2)cc(OC)c1OC. The van der Waals surface area contributed by atoms with Crippen LogP contribution in [0.2, 0.25) is 0 Å². The number of carbonyl (C=O) groups is 2. The van der Waals surface area contributed by atoms with E-state index in [0.29, 0.717) is 22.4 Å². The maximum atomic E-state index is 12.4. The van der Waals surface area contributed by atoms with Crippen molar-refractivity contribution in [1.82, 2.24) is 9.97 Å². The molecule has 0 aliphatic heterocycles. The first kappa shape index (κ1) is 21.5. The van der Waals surface area contributed by atoms with Gasteiger partial charge in [0.2, 0.25) is 11.5 Å². The lowest BCUT2D eigenvalue weighted by Gasteiger charge is -2.13. The molecule has 0 atom stereocenters. The lowest BCUT2D eigenvalue weighted by Crippen LogP contribution is -2.16. The summed E-state index contributed by atoms with van der Waals surface area (Å²) in [6.07, 6.45) is 0. The van der Waals surface area contributed by atoms with Crippen LogP contribution < -0.4 is 14.2 Å². The molecule has 0 aliphatic rings. The average molecular weight is 406 g/mol. The molecule has 0 saturated carbocycles. The van der Waals surface area contributed by atoms with Crippen molar-refractivity contribution < 1.29 is 28.5 Å². The van der Waals surface area contributed by atoms with E-state index in [-0.39, 0.29) is 17.1 Å². The van der Waals surface area contributed by atoms with E-state index in [9.17, 15) is 9.59 Å². The van der Waals surface area contributed by atoms with Gasteiger partial charge in [-0.15, -0.1) is 0 Å². The van der Waals surface area contributed by atoms with Crippen LogP contribution in [0.3, 0.4) is 0 Å². The minimum atomic E-state index is -0.534. The highest BCUT2D eigenvalue weighted by molar-refractivity contribution is 7.99. The topological polar surface area (TPSA) is 96.8 Å². The maximum Gasteiger partial charge on any atom is 0.316 e. The Kier molecular flexibility index (Phi) is 7.62. The van der Waals surface area contributed by atoms with E-state index >= 15 is 0 Å². The number of Topliss-reactive ketones (excluding diaryl/α,β-unsaturated/α-hetero) is 1. The number of aryl methyl sites for hydroxylation is 2. The smallest absolute Gasteiger partial charge is 0.316 e. The second-order valence-corrected chi connectivity index (χ2v) is 6.66. The fourth-order valence-corrected chi connectivity index (χ4v) is 3.14. The summed E-state index contributed by atoms with van der Waals surface area (Å²) in [7, 11) is 4.39. The van der Waals surface area contributed by atoms with E-state index in [0.717, 1.165) is 23.1 Å². The first-order chi connectivity index (χ1) is 13.4. The van der Waals surface area contributed by atoms with E-state index in [2.05, 4.69) is 9.97 Å². The highest BCUT2D eigenvalue weighted by Crippen LogP contribution is 2.38. The van der Waals surface area contributed by atoms with Gasteiger partial charge in [-0.25, -0.2) is 9.97 Å². The minimum Gasteiger partial charge on any atom is -0.493 e. The number of nitrogens with zero attached hydrogens (tertiary/aromatic N) is 2. The Labute approximate surface area is 167 Å². The van der Waals surface area contributed by atoms with Crippen molar-refractivity contribution in [3.8, 4) is 17.2 Å². The lowest BCUT2D eigenvalue weighted by atomic mass is 10.1. The third-order valence-corrected chi connectivity index (χ3v) is 4.45. The molecule has 0 radical (unpaired) electrons. The fourth-order valence-electron chi connectivity index (χ4n) is 2.39. The van der Waals surface area contributed by atoms with Crippen LogP contribution in [0, 0.1) is 13.8 Å². The van der Waals surface area contributed by atoms with Crippen LogP contribution in [-0.2, 0) is 9.53 Å². The van der Waals surface area contributed by atoms with Crippen molar-refractivity contribution in [2.24, 2.45) is 0 Å². The normalized spacial score (nSPS) is 10.3. The molecule has 1 aromatic heterocycles. The Hall–Kier alpha value is -2.81. The Balaban J connectivity index is 1.96. The number of benzene rings is 1. The average Bonchev–Trinajstić information content (AvgIpc) is 2.68. The fraction of sp³-hybridized carbons (Fsp3) is 0.368. The first-order valence-electron chi connectivity index (χ1n) is 8.31. The molecule has 0 unspecified atom stereocenters. The molecule has 2 aromatic rings. The highest BCUT2D eigenvalue weighted by atomic mass is 32.2. The monoisotopic (exact) mass is 406 g/mol. The number of esters is 1. The number of hydrogen-bond donors (Lipinski definition) is 0. The Bertz CT molecular complexity index is 826. The molecule has 0 amide bonds. The molecule has 0 fully saturated rings. The molecule has 0 saturated heterocycles. The zero-order chi connectivity index (χ0) is 20.7. The van der Waals surface area contributed by atoms with Crippen molar-refractivity contribution >= 4 is 23.5 Å². The minimum absolute atomic E-state index is 0.00539. The van der Waals surface area contributed by atoms with E-state index < -0.39 is 12.6 Å². The van der Waals surface area contributed by atoms with Gasteiger partial charge in [0.25, 0.3) is 0 Å². The lowest BCUT2D eigenvalue weighted by molar-refractivity contribution is -0.139. The number of thioether (sulfide) groups is 1. The van der Waals surface area contributed by atoms with Gasteiger partial charge in [-0.3, -0.25) is 9.59 Å². The van der Waals surface area contributed by atoms with Gasteiger partial charge in [0.05, 0.1) is 27.1 Å². The van der Waals surface area contributed by atoms with Gasteiger partial charge in [0.15, 0.2) is 23.3 Å². The van der Waals surface area contributed by atoms with Crippen LogP contribution >= 0.6 is 11.8 Å². The Morgan fingerprint density at radius 1 is 0.929 bits per heavy atom. The number of ether oxygens (including phenoxy) is 4. The number of carbonyl (C=O) groups excluding carboxylic acids is 2. The predicted molar refractivity (Wildman–Crippen MR) is 104 cm³/mol.